The van der Waals surface area contributed by atoms with Gasteiger partial charge in [0.05, 0.1) is 21.3 Å². The molecule has 1 unspecified atom stereocenters. The van der Waals surface area contributed by atoms with E-state index in [1.54, 1.807) is 24.3 Å². The van der Waals surface area contributed by atoms with Crippen LogP contribution in [0.5, 0.6) is 0 Å². The van der Waals surface area contributed by atoms with Gasteiger partial charge in [-0.3, -0.25) is 0 Å². The summed E-state index contributed by atoms with van der Waals surface area (Å²) in [7, 11) is 0. The number of nitrogens with one attached hydrogen (secondary N) is 1. The summed E-state index contributed by atoms with van der Waals surface area (Å²) in [5, 5.41) is 4.21. The van der Waals surface area contributed by atoms with E-state index in [9.17, 15) is 8.78 Å². The molecule has 1 atom stereocenters. The number of aromatic nitrogens is 1. The van der Waals surface area contributed by atoms with Crippen LogP contribution >= 0.6 is 11.3 Å². The van der Waals surface area contributed by atoms with Gasteiger partial charge in [-0.25, -0.2) is 13.8 Å². The maximum Gasteiger partial charge on any atom is 0.164 e. The summed E-state index contributed by atoms with van der Waals surface area (Å²) in [5.41, 5.74) is 2.13. The van der Waals surface area contributed by atoms with Crippen molar-refractivity contribution in [2.24, 2.45) is 0 Å². The Morgan fingerprint density at radius 3 is 2.81 bits per heavy atom. The third-order valence-electron chi connectivity index (χ3n) is 3.33. The fraction of sp³-hybridized carbons (Fsp3) is 0.188. The molecule has 0 saturated carbocycles. The SMILES string of the molecule is Cc1nc2ccc(NC(C)c3cccc(F)c3F)cc2s1. The lowest BCUT2D eigenvalue weighted by molar-refractivity contribution is 0.494. The molecule has 1 heterocycles. The molecule has 0 bridgehead atoms. The van der Waals surface area contributed by atoms with Crippen LogP contribution in [-0.4, -0.2) is 4.98 Å². The minimum atomic E-state index is -0.824. The number of rotatable bonds is 3. The van der Waals surface area contributed by atoms with Gasteiger partial charge >= 0.3 is 0 Å². The normalized spacial score (nSPS) is 12.6. The van der Waals surface area contributed by atoms with Crippen molar-refractivity contribution >= 4 is 27.2 Å². The topological polar surface area (TPSA) is 24.9 Å². The van der Waals surface area contributed by atoms with E-state index in [1.165, 1.54) is 6.07 Å². The van der Waals surface area contributed by atoms with E-state index in [-0.39, 0.29) is 6.04 Å². The molecule has 2 aromatic carbocycles. The van der Waals surface area contributed by atoms with Gasteiger partial charge in [0, 0.05) is 11.3 Å². The van der Waals surface area contributed by atoms with Crippen LogP contribution in [0.2, 0.25) is 0 Å². The lowest BCUT2D eigenvalue weighted by Crippen LogP contribution is -2.09. The summed E-state index contributed by atoms with van der Waals surface area (Å²) in [4.78, 5) is 4.40. The van der Waals surface area contributed by atoms with Crippen molar-refractivity contribution < 1.29 is 8.78 Å². The molecule has 1 aromatic heterocycles. The van der Waals surface area contributed by atoms with Gasteiger partial charge in [-0.15, -0.1) is 11.3 Å². The Hall–Kier alpha value is -2.01. The molecule has 1 N–H and O–H groups in total. The Kier molecular flexibility index (Phi) is 3.59. The Morgan fingerprint density at radius 1 is 1.19 bits per heavy atom. The summed E-state index contributed by atoms with van der Waals surface area (Å²) in [6.45, 7) is 3.77. The number of hydrogen-bond acceptors (Lipinski definition) is 3. The maximum absolute atomic E-state index is 13.8. The third kappa shape index (κ3) is 2.74. The molecule has 0 fully saturated rings. The molecule has 0 saturated heterocycles. The molecule has 0 aliphatic heterocycles. The second-order valence-corrected chi connectivity index (χ2v) is 6.16. The molecule has 3 rings (SSSR count). The van der Waals surface area contributed by atoms with Crippen LogP contribution in [0.25, 0.3) is 10.2 Å². The van der Waals surface area contributed by atoms with E-state index in [0.29, 0.717) is 5.56 Å². The number of anilines is 1. The van der Waals surface area contributed by atoms with Crippen LogP contribution in [0, 0.1) is 18.6 Å². The van der Waals surface area contributed by atoms with E-state index in [1.807, 2.05) is 25.1 Å². The zero-order chi connectivity index (χ0) is 15.0. The van der Waals surface area contributed by atoms with E-state index >= 15 is 0 Å². The molecule has 108 valence electrons. The third-order valence-corrected chi connectivity index (χ3v) is 4.26. The van der Waals surface area contributed by atoms with Crippen LogP contribution in [-0.2, 0) is 0 Å². The minimum Gasteiger partial charge on any atom is -0.378 e. The summed E-state index contributed by atoms with van der Waals surface area (Å²) in [6.07, 6.45) is 0. The van der Waals surface area contributed by atoms with Gasteiger partial charge in [0.2, 0.25) is 0 Å². The molecule has 0 spiro atoms. The fourth-order valence-electron chi connectivity index (χ4n) is 2.31. The van der Waals surface area contributed by atoms with Gasteiger partial charge in [-0.2, -0.15) is 0 Å². The predicted molar refractivity (Wildman–Crippen MR) is 82.8 cm³/mol. The molecule has 21 heavy (non-hydrogen) atoms. The molecule has 0 aliphatic carbocycles. The van der Waals surface area contributed by atoms with Crippen LogP contribution in [0.1, 0.15) is 23.5 Å². The second kappa shape index (κ2) is 5.41. The summed E-state index contributed by atoms with van der Waals surface area (Å²) < 4.78 is 28.1. The molecule has 0 amide bonds. The second-order valence-electron chi connectivity index (χ2n) is 4.92. The number of aryl methyl sites for hydroxylation is 1. The molecule has 0 radical (unpaired) electrons. The van der Waals surface area contributed by atoms with Crippen LogP contribution in [0.15, 0.2) is 36.4 Å². The van der Waals surface area contributed by atoms with Crippen molar-refractivity contribution in [3.63, 3.8) is 0 Å². The Morgan fingerprint density at radius 2 is 2.00 bits per heavy atom. The minimum absolute atomic E-state index is 0.315. The van der Waals surface area contributed by atoms with Crippen molar-refractivity contribution in [2.75, 3.05) is 5.32 Å². The predicted octanol–water partition coefficient (Wildman–Crippen LogP) is 5.06. The molecular weight excluding hydrogens is 290 g/mol. The number of benzene rings is 2. The zero-order valence-corrected chi connectivity index (χ0v) is 12.5. The number of thiazole rings is 1. The largest absolute Gasteiger partial charge is 0.378 e. The standard InChI is InChI=1S/C16H14F2N2S/c1-9(12-4-3-5-13(17)16(12)18)19-11-6-7-14-15(8-11)21-10(2)20-14/h3-9,19H,1-2H3. The van der Waals surface area contributed by atoms with Gasteiger partial charge in [0.25, 0.3) is 0 Å². The highest BCUT2D eigenvalue weighted by atomic mass is 32.1. The highest BCUT2D eigenvalue weighted by Crippen LogP contribution is 2.28. The van der Waals surface area contributed by atoms with Gasteiger partial charge in [0.15, 0.2) is 11.6 Å². The van der Waals surface area contributed by atoms with Gasteiger partial charge in [-0.1, -0.05) is 12.1 Å². The van der Waals surface area contributed by atoms with Crippen molar-refractivity contribution in [3.8, 4) is 0 Å². The van der Waals surface area contributed by atoms with Gasteiger partial charge in [0.1, 0.15) is 0 Å². The first-order valence-electron chi connectivity index (χ1n) is 6.62. The van der Waals surface area contributed by atoms with Crippen molar-refractivity contribution in [2.45, 2.75) is 19.9 Å². The molecule has 3 aromatic rings. The first-order chi connectivity index (χ1) is 10.0. The Labute approximate surface area is 125 Å². The van der Waals surface area contributed by atoms with E-state index < -0.39 is 11.6 Å². The number of nitrogens with zero attached hydrogens (tertiary/aromatic N) is 1. The van der Waals surface area contributed by atoms with Gasteiger partial charge < -0.3 is 5.32 Å². The van der Waals surface area contributed by atoms with Gasteiger partial charge in [-0.05, 0) is 38.1 Å². The lowest BCUT2D eigenvalue weighted by Gasteiger charge is -2.16. The highest BCUT2D eigenvalue weighted by molar-refractivity contribution is 7.18. The summed E-state index contributed by atoms with van der Waals surface area (Å²) >= 11 is 1.61. The van der Waals surface area contributed by atoms with Crippen LogP contribution in [0.4, 0.5) is 14.5 Å². The molecule has 5 heteroatoms. The Balaban J connectivity index is 1.88. The van der Waals surface area contributed by atoms with Crippen LogP contribution in [0.3, 0.4) is 0 Å². The van der Waals surface area contributed by atoms with Crippen molar-refractivity contribution in [3.05, 3.63) is 58.6 Å². The molecular formula is C16H14F2N2S. The van der Waals surface area contributed by atoms with Crippen LogP contribution < -0.4 is 5.32 Å². The lowest BCUT2D eigenvalue weighted by atomic mass is 10.1. The van der Waals surface area contributed by atoms with Crippen molar-refractivity contribution in [1.29, 1.82) is 0 Å². The van der Waals surface area contributed by atoms with Crippen molar-refractivity contribution in [1.82, 2.24) is 4.98 Å². The summed E-state index contributed by atoms with van der Waals surface area (Å²) in [6, 6.07) is 9.70. The highest BCUT2D eigenvalue weighted by Gasteiger charge is 2.14. The fourth-order valence-corrected chi connectivity index (χ4v) is 3.18. The first kappa shape index (κ1) is 13.9. The Bertz CT molecular complexity index is 798. The number of fused-ring (bicyclic) bond motifs is 1. The monoisotopic (exact) mass is 304 g/mol. The van der Waals surface area contributed by atoms with E-state index in [4.69, 9.17) is 0 Å². The summed E-state index contributed by atoms with van der Waals surface area (Å²) in [5.74, 6) is -1.62. The number of hydrogen-bond donors (Lipinski definition) is 1. The zero-order valence-electron chi connectivity index (χ0n) is 11.7. The maximum atomic E-state index is 13.8. The quantitative estimate of drug-likeness (QED) is 0.732. The average molecular weight is 304 g/mol. The first-order valence-corrected chi connectivity index (χ1v) is 7.44. The molecule has 0 aliphatic rings. The number of halogens is 2. The molecule has 2 nitrogen and oxygen atoms in total. The average Bonchev–Trinajstić information content (AvgIpc) is 2.81. The van der Waals surface area contributed by atoms with E-state index in [0.717, 1.165) is 27.0 Å². The van der Waals surface area contributed by atoms with E-state index in [2.05, 4.69) is 10.3 Å². The smallest absolute Gasteiger partial charge is 0.164 e.